The van der Waals surface area contributed by atoms with Gasteiger partial charge in [0, 0.05) is 13.5 Å². The van der Waals surface area contributed by atoms with Crippen LogP contribution in [0.15, 0.2) is 12.2 Å². The van der Waals surface area contributed by atoms with Gasteiger partial charge in [-0.15, -0.1) is 0 Å². The molecule has 1 aliphatic rings. The quantitative estimate of drug-likeness (QED) is 0.340. The van der Waals surface area contributed by atoms with Crippen molar-refractivity contribution in [2.24, 2.45) is 0 Å². The highest BCUT2D eigenvalue weighted by Crippen LogP contribution is 2.13. The summed E-state index contributed by atoms with van der Waals surface area (Å²) in [5, 5.41) is 9.62. The number of carbonyl (C=O) groups is 1. The molecule has 1 rings (SSSR count). The van der Waals surface area contributed by atoms with Crippen molar-refractivity contribution in [2.45, 2.75) is 44.5 Å². The van der Waals surface area contributed by atoms with Gasteiger partial charge in [0.1, 0.15) is 12.9 Å². The van der Waals surface area contributed by atoms with Crippen molar-refractivity contribution < 1.29 is 28.8 Å². The third kappa shape index (κ3) is 7.59. The van der Waals surface area contributed by atoms with Crippen LogP contribution >= 0.6 is 0 Å². The van der Waals surface area contributed by atoms with Gasteiger partial charge in [-0.2, -0.15) is 0 Å². The average molecular weight is 288 g/mol. The van der Waals surface area contributed by atoms with E-state index in [1.807, 2.05) is 19.1 Å². The normalized spacial score (nSPS) is 29.8. The third-order valence-electron chi connectivity index (χ3n) is 2.86. The van der Waals surface area contributed by atoms with Crippen LogP contribution in [0.3, 0.4) is 0 Å². The Morgan fingerprint density at radius 3 is 3.00 bits per heavy atom. The number of ether oxygens (including phenoxy) is 4. The first-order valence-electron chi connectivity index (χ1n) is 6.84. The molecule has 0 aromatic rings. The average Bonchev–Trinajstić information content (AvgIpc) is 2.37. The molecule has 6 heteroatoms. The highest BCUT2D eigenvalue weighted by molar-refractivity contribution is 5.70. The van der Waals surface area contributed by atoms with E-state index in [4.69, 9.17) is 18.9 Å². The lowest BCUT2D eigenvalue weighted by Crippen LogP contribution is -2.26. The van der Waals surface area contributed by atoms with Crippen molar-refractivity contribution in [3.05, 3.63) is 12.2 Å². The molecule has 20 heavy (non-hydrogen) atoms. The van der Waals surface area contributed by atoms with Gasteiger partial charge in [0.2, 0.25) is 0 Å². The second-order valence-electron chi connectivity index (χ2n) is 4.78. The topological polar surface area (TPSA) is 74.2 Å². The maximum atomic E-state index is 11.5. The lowest BCUT2D eigenvalue weighted by Gasteiger charge is -2.21. The molecule has 0 saturated carbocycles. The molecule has 0 aliphatic carbocycles. The summed E-state index contributed by atoms with van der Waals surface area (Å²) in [5.41, 5.74) is 0. The third-order valence-corrected chi connectivity index (χ3v) is 2.86. The van der Waals surface area contributed by atoms with E-state index >= 15 is 0 Å². The van der Waals surface area contributed by atoms with Crippen molar-refractivity contribution in [3.63, 3.8) is 0 Å². The molecule has 1 aliphatic heterocycles. The van der Waals surface area contributed by atoms with E-state index in [1.54, 1.807) is 7.11 Å². The van der Waals surface area contributed by atoms with Crippen molar-refractivity contribution in [3.8, 4) is 0 Å². The van der Waals surface area contributed by atoms with Crippen molar-refractivity contribution in [1.29, 1.82) is 0 Å². The van der Waals surface area contributed by atoms with Gasteiger partial charge in [0.05, 0.1) is 31.8 Å². The standard InChI is InChI=1S/C14H24O6/c1-11-8-13(19-10-18-7-6-17-2)5-3-4-12(15)9-14(16)20-11/h3,5,11-13,15H,4,6-10H2,1-2H3/b5-3+/t11-,12?,13-/m1/s1. The number of esters is 1. The molecule has 0 fully saturated rings. The number of cyclic esters (lactones) is 1. The van der Waals surface area contributed by atoms with E-state index in [9.17, 15) is 9.90 Å². The maximum absolute atomic E-state index is 11.5. The minimum atomic E-state index is -0.706. The number of aliphatic hydroxyl groups is 1. The summed E-state index contributed by atoms with van der Waals surface area (Å²) in [6.45, 7) is 2.95. The fourth-order valence-corrected chi connectivity index (χ4v) is 1.85. The Labute approximate surface area is 119 Å². The van der Waals surface area contributed by atoms with E-state index in [-0.39, 0.29) is 31.4 Å². The number of hydrogen-bond acceptors (Lipinski definition) is 6. The zero-order valence-corrected chi connectivity index (χ0v) is 12.1. The minimum Gasteiger partial charge on any atom is -0.462 e. The second-order valence-corrected chi connectivity index (χ2v) is 4.78. The lowest BCUT2D eigenvalue weighted by molar-refractivity contribution is -0.153. The highest BCUT2D eigenvalue weighted by Gasteiger charge is 2.19. The van der Waals surface area contributed by atoms with Gasteiger partial charge in [-0.1, -0.05) is 12.2 Å². The Morgan fingerprint density at radius 2 is 2.25 bits per heavy atom. The molecule has 0 amide bonds. The van der Waals surface area contributed by atoms with Gasteiger partial charge >= 0.3 is 5.97 Å². The number of rotatable bonds is 6. The highest BCUT2D eigenvalue weighted by atomic mass is 16.7. The fraction of sp³-hybridized carbons (Fsp3) is 0.786. The molecular weight excluding hydrogens is 264 g/mol. The molecule has 1 heterocycles. The molecule has 0 aromatic carbocycles. The van der Waals surface area contributed by atoms with Crippen LogP contribution in [0.4, 0.5) is 0 Å². The van der Waals surface area contributed by atoms with Crippen LogP contribution in [0.1, 0.15) is 26.2 Å². The summed E-state index contributed by atoms with van der Waals surface area (Å²) in [6.07, 6.45) is 3.53. The van der Waals surface area contributed by atoms with Gasteiger partial charge in [0.15, 0.2) is 0 Å². The summed E-state index contributed by atoms with van der Waals surface area (Å²) in [6, 6.07) is 0. The van der Waals surface area contributed by atoms with Gasteiger partial charge in [-0.05, 0) is 13.3 Å². The van der Waals surface area contributed by atoms with E-state index in [2.05, 4.69) is 0 Å². The van der Waals surface area contributed by atoms with Gasteiger partial charge in [-0.25, -0.2) is 0 Å². The first-order valence-corrected chi connectivity index (χ1v) is 6.84. The monoisotopic (exact) mass is 288 g/mol. The SMILES string of the molecule is COCCOCO[C@@H]1/C=C/CC(O)CC(=O)O[C@H](C)C1. The first-order chi connectivity index (χ1) is 9.61. The smallest absolute Gasteiger partial charge is 0.308 e. The predicted molar refractivity (Wildman–Crippen MR) is 72.1 cm³/mol. The van der Waals surface area contributed by atoms with Crippen molar-refractivity contribution in [2.75, 3.05) is 27.1 Å². The predicted octanol–water partition coefficient (Wildman–Crippen LogP) is 1.02. The first kappa shape index (κ1) is 17.1. The van der Waals surface area contributed by atoms with E-state index in [0.717, 1.165) is 0 Å². The van der Waals surface area contributed by atoms with Crippen LogP contribution in [-0.4, -0.2) is 56.5 Å². The molecule has 116 valence electrons. The van der Waals surface area contributed by atoms with Crippen LogP contribution in [0, 0.1) is 0 Å². The molecule has 0 radical (unpaired) electrons. The van der Waals surface area contributed by atoms with Crippen molar-refractivity contribution in [1.82, 2.24) is 0 Å². The van der Waals surface area contributed by atoms with E-state index < -0.39 is 6.10 Å². The maximum Gasteiger partial charge on any atom is 0.308 e. The van der Waals surface area contributed by atoms with Crippen LogP contribution in [0.5, 0.6) is 0 Å². The number of aliphatic hydroxyl groups excluding tert-OH is 1. The summed E-state index contributed by atoms with van der Waals surface area (Å²) in [7, 11) is 1.61. The van der Waals surface area contributed by atoms with Crippen molar-refractivity contribution >= 4 is 5.97 Å². The lowest BCUT2D eigenvalue weighted by atomic mass is 10.1. The van der Waals surface area contributed by atoms with Crippen LogP contribution in [-0.2, 0) is 23.7 Å². The molecule has 3 atom stereocenters. The molecule has 0 aromatic heterocycles. The summed E-state index contributed by atoms with van der Waals surface area (Å²) in [4.78, 5) is 11.5. The van der Waals surface area contributed by atoms with Crippen LogP contribution < -0.4 is 0 Å². The molecular formula is C14H24O6. The van der Waals surface area contributed by atoms with E-state index in [0.29, 0.717) is 26.1 Å². The minimum absolute atomic E-state index is 0.0281. The molecule has 1 unspecified atom stereocenters. The summed E-state index contributed by atoms with van der Waals surface area (Å²) >= 11 is 0. The van der Waals surface area contributed by atoms with Gasteiger partial charge in [0.25, 0.3) is 0 Å². The van der Waals surface area contributed by atoms with Gasteiger partial charge < -0.3 is 24.1 Å². The van der Waals surface area contributed by atoms with Crippen LogP contribution in [0.25, 0.3) is 0 Å². The Hall–Kier alpha value is -0.950. The largest absolute Gasteiger partial charge is 0.462 e. The van der Waals surface area contributed by atoms with Gasteiger partial charge in [-0.3, -0.25) is 4.79 Å². The zero-order valence-electron chi connectivity index (χ0n) is 12.1. The number of methoxy groups -OCH3 is 1. The molecule has 1 N–H and O–H groups in total. The Morgan fingerprint density at radius 1 is 1.45 bits per heavy atom. The summed E-state index contributed by atoms with van der Waals surface area (Å²) in [5.74, 6) is -0.379. The number of carbonyl (C=O) groups excluding carboxylic acids is 1. The molecule has 0 spiro atoms. The molecule has 0 bridgehead atoms. The molecule has 0 saturated heterocycles. The second kappa shape index (κ2) is 9.88. The Balaban J connectivity index is 2.41. The Bertz CT molecular complexity index is 304. The van der Waals surface area contributed by atoms with E-state index in [1.165, 1.54) is 0 Å². The fourth-order valence-electron chi connectivity index (χ4n) is 1.85. The van der Waals surface area contributed by atoms with Crippen LogP contribution in [0.2, 0.25) is 0 Å². The summed E-state index contributed by atoms with van der Waals surface area (Å²) < 4.78 is 20.9. The Kier molecular flexibility index (Phi) is 8.45. The molecule has 6 nitrogen and oxygen atoms in total. The zero-order chi connectivity index (χ0) is 14.8. The number of hydrogen-bond donors (Lipinski definition) is 1.